The van der Waals surface area contributed by atoms with Crippen LogP contribution < -0.4 is 32.8 Å². The lowest BCUT2D eigenvalue weighted by atomic mass is 10.2. The number of hydrogen-bond acceptors (Lipinski definition) is 2. The van der Waals surface area contributed by atoms with Gasteiger partial charge in [-0.25, -0.2) is 5.84 Å². The zero-order valence-corrected chi connectivity index (χ0v) is 9.62. The number of halogens is 1. The zero-order chi connectivity index (χ0) is 9.68. The number of pyridine rings is 1. The maximum atomic E-state index is 10.9. The van der Waals surface area contributed by atoms with E-state index in [0.717, 1.165) is 6.42 Å². The van der Waals surface area contributed by atoms with Crippen LogP contribution >= 0.6 is 0 Å². The average Bonchev–Trinajstić information content (AvgIpc) is 2.19. The summed E-state index contributed by atoms with van der Waals surface area (Å²) in [6, 6.07) is 3.98. The summed E-state index contributed by atoms with van der Waals surface area (Å²) in [6.45, 7) is 2.35. The molecule has 1 aromatic heterocycles. The molecule has 1 amide bonds. The first kappa shape index (κ1) is 13.1. The van der Waals surface area contributed by atoms with Crippen molar-refractivity contribution in [2.24, 2.45) is 5.84 Å². The van der Waals surface area contributed by atoms with Crippen molar-refractivity contribution in [2.45, 2.75) is 19.9 Å². The van der Waals surface area contributed by atoms with Crippen LogP contribution in [0.25, 0.3) is 0 Å². The quantitative estimate of drug-likeness (QED) is 0.257. The van der Waals surface area contributed by atoms with Gasteiger partial charge in [-0.05, 0) is 12.0 Å². The van der Waals surface area contributed by atoms with Gasteiger partial charge in [-0.15, -0.1) is 0 Å². The standard InChI is InChI=1S/C9H13N3O.BrH/c1-2-8-3-5-12(6-4-8)7-9(13)11-10;/h3-6H,2,7,10H2,1H3;1H. The Balaban J connectivity index is 0.00000169. The Morgan fingerprint density at radius 1 is 1.50 bits per heavy atom. The van der Waals surface area contributed by atoms with E-state index in [1.807, 2.05) is 24.5 Å². The van der Waals surface area contributed by atoms with Gasteiger partial charge in [-0.1, -0.05) is 6.92 Å². The van der Waals surface area contributed by atoms with Crippen LogP contribution in [0.1, 0.15) is 12.5 Å². The molecule has 0 aliphatic rings. The van der Waals surface area contributed by atoms with Gasteiger partial charge in [0.25, 0.3) is 5.91 Å². The summed E-state index contributed by atoms with van der Waals surface area (Å²) >= 11 is 0. The first-order valence-electron chi connectivity index (χ1n) is 4.23. The number of nitrogens with zero attached hydrogens (tertiary/aromatic N) is 1. The van der Waals surface area contributed by atoms with Gasteiger partial charge in [0.1, 0.15) is 0 Å². The summed E-state index contributed by atoms with van der Waals surface area (Å²) in [5.74, 6) is 4.76. The molecule has 4 nitrogen and oxygen atoms in total. The largest absolute Gasteiger partial charge is 1.00 e. The fourth-order valence-electron chi connectivity index (χ4n) is 1.04. The summed E-state index contributed by atoms with van der Waals surface area (Å²) in [4.78, 5) is 10.9. The van der Waals surface area contributed by atoms with Crippen molar-refractivity contribution in [2.75, 3.05) is 0 Å². The van der Waals surface area contributed by atoms with Crippen molar-refractivity contribution < 1.29 is 26.3 Å². The summed E-state index contributed by atoms with van der Waals surface area (Å²) in [6.07, 6.45) is 4.74. The van der Waals surface area contributed by atoms with Crippen molar-refractivity contribution in [3.05, 3.63) is 30.1 Å². The third-order valence-electron chi connectivity index (χ3n) is 1.86. The molecule has 0 atom stereocenters. The molecule has 0 aliphatic heterocycles. The number of nitrogens with one attached hydrogen (secondary N) is 1. The van der Waals surface area contributed by atoms with Gasteiger partial charge >= 0.3 is 0 Å². The SMILES string of the molecule is CCc1cc[n+](CC(=O)NN)cc1.[Br-]. The number of hydrazine groups is 1. The number of aromatic nitrogens is 1. The minimum atomic E-state index is -0.200. The Labute approximate surface area is 93.9 Å². The second-order valence-electron chi connectivity index (χ2n) is 2.80. The molecule has 1 rings (SSSR count). The van der Waals surface area contributed by atoms with Crippen LogP contribution in [-0.4, -0.2) is 5.91 Å². The van der Waals surface area contributed by atoms with Crippen LogP contribution in [0.4, 0.5) is 0 Å². The van der Waals surface area contributed by atoms with Crippen LogP contribution in [0.15, 0.2) is 24.5 Å². The molecule has 5 heteroatoms. The number of amides is 1. The van der Waals surface area contributed by atoms with E-state index in [-0.39, 0.29) is 29.4 Å². The Hall–Kier alpha value is -0.940. The monoisotopic (exact) mass is 259 g/mol. The molecule has 0 aliphatic carbocycles. The van der Waals surface area contributed by atoms with Crippen molar-refractivity contribution >= 4 is 5.91 Å². The molecule has 0 saturated carbocycles. The van der Waals surface area contributed by atoms with Crippen LogP contribution in [0, 0.1) is 0 Å². The molecule has 0 radical (unpaired) electrons. The first-order valence-corrected chi connectivity index (χ1v) is 4.23. The predicted molar refractivity (Wildman–Crippen MR) is 48.3 cm³/mol. The van der Waals surface area contributed by atoms with Crippen molar-refractivity contribution in [3.63, 3.8) is 0 Å². The Morgan fingerprint density at radius 2 is 2.07 bits per heavy atom. The topological polar surface area (TPSA) is 59.0 Å². The highest BCUT2D eigenvalue weighted by molar-refractivity contribution is 5.73. The van der Waals surface area contributed by atoms with E-state index >= 15 is 0 Å². The van der Waals surface area contributed by atoms with Gasteiger partial charge in [0.05, 0.1) is 0 Å². The molecule has 3 N–H and O–H groups in total. The highest BCUT2D eigenvalue weighted by Crippen LogP contribution is 1.94. The van der Waals surface area contributed by atoms with Crippen LogP contribution in [-0.2, 0) is 17.8 Å². The van der Waals surface area contributed by atoms with Gasteiger partial charge in [0.15, 0.2) is 12.4 Å². The lowest BCUT2D eigenvalue weighted by Crippen LogP contribution is -3.00. The Morgan fingerprint density at radius 3 is 2.50 bits per heavy atom. The Kier molecular flexibility index (Phi) is 6.07. The lowest BCUT2D eigenvalue weighted by molar-refractivity contribution is -0.684. The lowest BCUT2D eigenvalue weighted by Gasteiger charge is -1.96. The maximum Gasteiger partial charge on any atom is 0.299 e. The van der Waals surface area contributed by atoms with Crippen molar-refractivity contribution in [1.82, 2.24) is 5.43 Å². The van der Waals surface area contributed by atoms with Crippen LogP contribution in [0.5, 0.6) is 0 Å². The minimum absolute atomic E-state index is 0. The fourth-order valence-corrected chi connectivity index (χ4v) is 1.04. The van der Waals surface area contributed by atoms with E-state index in [4.69, 9.17) is 5.84 Å². The molecule has 0 unspecified atom stereocenters. The maximum absolute atomic E-state index is 10.9. The van der Waals surface area contributed by atoms with Gasteiger partial charge in [-0.2, -0.15) is 4.57 Å². The molecular weight excluding hydrogens is 246 g/mol. The molecule has 0 aromatic carbocycles. The second kappa shape index (κ2) is 6.50. The smallest absolute Gasteiger partial charge is 0.299 e. The van der Waals surface area contributed by atoms with E-state index in [0.29, 0.717) is 0 Å². The van der Waals surface area contributed by atoms with E-state index in [1.165, 1.54) is 5.56 Å². The van der Waals surface area contributed by atoms with Crippen LogP contribution in [0.3, 0.4) is 0 Å². The van der Waals surface area contributed by atoms with Crippen molar-refractivity contribution in [1.29, 1.82) is 0 Å². The number of nitrogens with two attached hydrogens (primary N) is 1. The Bertz CT molecular complexity index is 287. The number of hydrogen-bond donors (Lipinski definition) is 2. The molecule has 0 spiro atoms. The summed E-state index contributed by atoms with van der Waals surface area (Å²) in [7, 11) is 0. The minimum Gasteiger partial charge on any atom is -1.00 e. The second-order valence-corrected chi connectivity index (χ2v) is 2.80. The van der Waals surface area contributed by atoms with E-state index < -0.39 is 0 Å². The average molecular weight is 260 g/mol. The first-order chi connectivity index (χ1) is 6.26. The highest BCUT2D eigenvalue weighted by Gasteiger charge is 2.05. The van der Waals surface area contributed by atoms with E-state index in [2.05, 4.69) is 12.3 Å². The zero-order valence-electron chi connectivity index (χ0n) is 8.03. The van der Waals surface area contributed by atoms with Gasteiger partial charge in [0.2, 0.25) is 6.54 Å². The molecule has 1 aromatic rings. The number of aryl methyl sites for hydroxylation is 1. The third kappa shape index (κ3) is 3.85. The van der Waals surface area contributed by atoms with E-state index in [1.54, 1.807) is 4.57 Å². The number of carbonyl (C=O) groups excluding carboxylic acids is 1. The van der Waals surface area contributed by atoms with Gasteiger partial charge < -0.3 is 17.0 Å². The summed E-state index contributed by atoms with van der Waals surface area (Å²) < 4.78 is 1.78. The molecule has 78 valence electrons. The third-order valence-corrected chi connectivity index (χ3v) is 1.86. The molecular formula is C9H14BrN3O. The van der Waals surface area contributed by atoms with Crippen molar-refractivity contribution in [3.8, 4) is 0 Å². The van der Waals surface area contributed by atoms with Crippen LogP contribution in [0.2, 0.25) is 0 Å². The molecule has 14 heavy (non-hydrogen) atoms. The summed E-state index contributed by atoms with van der Waals surface area (Å²) in [5, 5.41) is 0. The van der Waals surface area contributed by atoms with E-state index in [9.17, 15) is 4.79 Å². The van der Waals surface area contributed by atoms with Gasteiger partial charge in [-0.3, -0.25) is 10.2 Å². The number of carbonyl (C=O) groups is 1. The number of rotatable bonds is 3. The molecule has 1 heterocycles. The molecule has 0 bridgehead atoms. The fraction of sp³-hybridized carbons (Fsp3) is 0.333. The molecule has 0 saturated heterocycles. The normalized spacial score (nSPS) is 9.00. The highest BCUT2D eigenvalue weighted by atomic mass is 79.9. The summed E-state index contributed by atoms with van der Waals surface area (Å²) in [5.41, 5.74) is 3.34. The molecule has 0 fully saturated rings. The predicted octanol–water partition coefficient (Wildman–Crippen LogP) is -3.47. The van der Waals surface area contributed by atoms with Gasteiger partial charge in [0, 0.05) is 12.1 Å².